The normalized spacial score (nSPS) is 11.1. The number of rotatable bonds is 5. The highest BCUT2D eigenvalue weighted by atomic mass is 32.1. The van der Waals surface area contributed by atoms with Gasteiger partial charge in [-0.1, -0.05) is 17.4 Å². The average molecular weight is 394 g/mol. The van der Waals surface area contributed by atoms with Crippen LogP contribution in [0.5, 0.6) is 0 Å². The van der Waals surface area contributed by atoms with Gasteiger partial charge in [-0.2, -0.15) is 5.10 Å². The van der Waals surface area contributed by atoms with Crippen LogP contribution in [0.2, 0.25) is 0 Å². The van der Waals surface area contributed by atoms with Crippen LogP contribution in [0.4, 0.5) is 9.52 Å². The summed E-state index contributed by atoms with van der Waals surface area (Å²) in [6.45, 7) is 5.02. The lowest BCUT2D eigenvalue weighted by atomic mass is 10.1. The minimum absolute atomic E-state index is 0.208. The van der Waals surface area contributed by atoms with E-state index >= 15 is 0 Å². The predicted molar refractivity (Wildman–Crippen MR) is 109 cm³/mol. The number of halogens is 1. The molecule has 2 aromatic heterocycles. The van der Waals surface area contributed by atoms with Gasteiger partial charge in [-0.05, 0) is 61.4 Å². The molecule has 0 atom stereocenters. The zero-order valence-corrected chi connectivity index (χ0v) is 16.4. The Morgan fingerprint density at radius 1 is 1.21 bits per heavy atom. The van der Waals surface area contributed by atoms with E-state index in [1.807, 2.05) is 26.1 Å². The molecule has 7 heteroatoms. The van der Waals surface area contributed by atoms with Crippen molar-refractivity contribution in [3.8, 4) is 0 Å². The second-order valence-corrected chi connectivity index (χ2v) is 7.67. The molecular formula is C21H19FN4OS. The second-order valence-electron chi connectivity index (χ2n) is 6.66. The number of fused-ring (bicyclic) bond motifs is 1. The maximum absolute atomic E-state index is 13.3. The third-order valence-electron chi connectivity index (χ3n) is 4.50. The second kappa shape index (κ2) is 7.52. The van der Waals surface area contributed by atoms with Crippen molar-refractivity contribution in [2.45, 2.75) is 20.4 Å². The van der Waals surface area contributed by atoms with Gasteiger partial charge in [0.1, 0.15) is 5.82 Å². The Kier molecular flexibility index (Phi) is 4.92. The van der Waals surface area contributed by atoms with Crippen LogP contribution in [0.1, 0.15) is 21.5 Å². The number of hydrogen-bond donors (Lipinski definition) is 0. The average Bonchev–Trinajstić information content (AvgIpc) is 3.32. The van der Waals surface area contributed by atoms with Gasteiger partial charge in [0.2, 0.25) is 0 Å². The number of nitrogens with zero attached hydrogens (tertiary/aromatic N) is 4. The Bertz CT molecular complexity index is 1120. The summed E-state index contributed by atoms with van der Waals surface area (Å²) in [5.41, 5.74) is 3.57. The summed E-state index contributed by atoms with van der Waals surface area (Å²) in [5, 5.41) is 4.84. The van der Waals surface area contributed by atoms with Crippen molar-refractivity contribution in [3.63, 3.8) is 0 Å². The van der Waals surface area contributed by atoms with Gasteiger partial charge in [0.25, 0.3) is 5.91 Å². The van der Waals surface area contributed by atoms with Crippen molar-refractivity contribution >= 4 is 32.6 Å². The van der Waals surface area contributed by atoms with Crippen LogP contribution >= 0.6 is 11.3 Å². The number of aromatic nitrogens is 3. The lowest BCUT2D eigenvalue weighted by molar-refractivity contribution is 0.0985. The molecule has 0 radical (unpaired) electrons. The SMILES string of the molecule is Cc1cc(C)c2nc(N(CCn3cccn3)C(=O)c3ccc(F)cc3)sc2c1. The Morgan fingerprint density at radius 2 is 2.00 bits per heavy atom. The maximum Gasteiger partial charge on any atom is 0.260 e. The molecule has 0 unspecified atom stereocenters. The molecule has 0 aliphatic heterocycles. The molecule has 2 heterocycles. The fraction of sp³-hybridized carbons (Fsp3) is 0.190. The zero-order chi connectivity index (χ0) is 19.7. The summed E-state index contributed by atoms with van der Waals surface area (Å²) in [6.07, 6.45) is 3.56. The smallest absolute Gasteiger partial charge is 0.260 e. The van der Waals surface area contributed by atoms with E-state index in [1.54, 1.807) is 15.8 Å². The van der Waals surface area contributed by atoms with E-state index in [0.717, 1.165) is 21.3 Å². The van der Waals surface area contributed by atoms with E-state index < -0.39 is 0 Å². The van der Waals surface area contributed by atoms with Crippen molar-refractivity contribution in [1.82, 2.24) is 14.8 Å². The number of benzene rings is 2. The van der Waals surface area contributed by atoms with E-state index in [-0.39, 0.29) is 11.7 Å². The van der Waals surface area contributed by atoms with Crippen LogP contribution in [-0.4, -0.2) is 27.2 Å². The summed E-state index contributed by atoms with van der Waals surface area (Å²) in [7, 11) is 0. The van der Waals surface area contributed by atoms with E-state index in [2.05, 4.69) is 17.2 Å². The third kappa shape index (κ3) is 3.66. The molecule has 0 spiro atoms. The first kappa shape index (κ1) is 18.3. The molecule has 0 aliphatic rings. The summed E-state index contributed by atoms with van der Waals surface area (Å²) < 4.78 is 16.1. The Labute approximate surface area is 166 Å². The van der Waals surface area contributed by atoms with Gasteiger partial charge in [-0.25, -0.2) is 9.37 Å². The molecule has 2 aromatic carbocycles. The Hall–Kier alpha value is -3.06. The highest BCUT2D eigenvalue weighted by Crippen LogP contribution is 2.32. The number of amides is 1. The molecule has 0 aliphatic carbocycles. The van der Waals surface area contributed by atoms with Crippen LogP contribution in [0.25, 0.3) is 10.2 Å². The van der Waals surface area contributed by atoms with Gasteiger partial charge < -0.3 is 0 Å². The fourth-order valence-corrected chi connectivity index (χ4v) is 4.31. The lowest BCUT2D eigenvalue weighted by Gasteiger charge is -2.20. The zero-order valence-electron chi connectivity index (χ0n) is 15.6. The van der Waals surface area contributed by atoms with Crippen molar-refractivity contribution in [1.29, 1.82) is 0 Å². The summed E-state index contributed by atoms with van der Waals surface area (Å²) in [4.78, 5) is 19.6. The highest BCUT2D eigenvalue weighted by molar-refractivity contribution is 7.22. The van der Waals surface area contributed by atoms with Gasteiger partial charge in [-0.15, -0.1) is 0 Å². The van der Waals surface area contributed by atoms with Crippen molar-refractivity contribution in [2.24, 2.45) is 0 Å². The van der Waals surface area contributed by atoms with Gasteiger partial charge in [0, 0.05) is 24.5 Å². The molecule has 1 amide bonds. The quantitative estimate of drug-likeness (QED) is 0.497. The first-order chi connectivity index (χ1) is 13.5. The summed E-state index contributed by atoms with van der Waals surface area (Å²) >= 11 is 1.49. The minimum atomic E-state index is -0.370. The number of thiazole rings is 1. The van der Waals surface area contributed by atoms with Crippen LogP contribution in [0.15, 0.2) is 54.9 Å². The van der Waals surface area contributed by atoms with Gasteiger partial charge in [0.15, 0.2) is 5.13 Å². The molecular weight excluding hydrogens is 375 g/mol. The molecule has 28 heavy (non-hydrogen) atoms. The fourth-order valence-electron chi connectivity index (χ4n) is 3.14. The third-order valence-corrected chi connectivity index (χ3v) is 5.52. The first-order valence-corrected chi connectivity index (χ1v) is 9.75. The predicted octanol–water partition coefficient (Wildman–Crippen LogP) is 4.60. The van der Waals surface area contributed by atoms with Crippen LogP contribution in [-0.2, 0) is 6.54 Å². The number of hydrogen-bond acceptors (Lipinski definition) is 4. The van der Waals surface area contributed by atoms with Crippen LogP contribution in [0.3, 0.4) is 0 Å². The molecule has 4 aromatic rings. The molecule has 4 rings (SSSR count). The first-order valence-electron chi connectivity index (χ1n) is 8.94. The monoisotopic (exact) mass is 394 g/mol. The van der Waals surface area contributed by atoms with E-state index in [9.17, 15) is 9.18 Å². The molecule has 142 valence electrons. The number of carbonyl (C=O) groups is 1. The van der Waals surface area contributed by atoms with Crippen LogP contribution < -0.4 is 4.90 Å². The van der Waals surface area contributed by atoms with E-state index in [1.165, 1.54) is 35.6 Å². The molecule has 0 saturated carbocycles. The number of aryl methyl sites for hydroxylation is 2. The van der Waals surface area contributed by atoms with Gasteiger partial charge in [-0.3, -0.25) is 14.4 Å². The van der Waals surface area contributed by atoms with Gasteiger partial charge >= 0.3 is 0 Å². The van der Waals surface area contributed by atoms with E-state index in [0.29, 0.717) is 23.8 Å². The summed E-state index contributed by atoms with van der Waals surface area (Å²) in [6, 6.07) is 11.6. The largest absolute Gasteiger partial charge is 0.282 e. The number of carbonyl (C=O) groups excluding carboxylic acids is 1. The number of anilines is 1. The molecule has 0 saturated heterocycles. The van der Waals surface area contributed by atoms with Gasteiger partial charge in [0.05, 0.1) is 16.8 Å². The Balaban J connectivity index is 1.72. The highest BCUT2D eigenvalue weighted by Gasteiger charge is 2.22. The van der Waals surface area contributed by atoms with E-state index in [4.69, 9.17) is 4.98 Å². The topological polar surface area (TPSA) is 51.0 Å². The molecule has 0 N–H and O–H groups in total. The standard InChI is InChI=1S/C21H19FN4OS/c1-14-12-15(2)19-18(13-14)28-21(24-19)26(11-10-25-9-3-8-23-25)20(27)16-4-6-17(22)7-5-16/h3-9,12-13H,10-11H2,1-2H3. The van der Waals surface area contributed by atoms with Crippen molar-refractivity contribution < 1.29 is 9.18 Å². The molecule has 5 nitrogen and oxygen atoms in total. The van der Waals surface area contributed by atoms with Crippen molar-refractivity contribution in [3.05, 3.63) is 77.4 Å². The molecule has 0 fully saturated rings. The molecule has 0 bridgehead atoms. The lowest BCUT2D eigenvalue weighted by Crippen LogP contribution is -2.34. The maximum atomic E-state index is 13.3. The summed E-state index contributed by atoms with van der Waals surface area (Å²) in [5.74, 6) is -0.577. The Morgan fingerprint density at radius 3 is 2.71 bits per heavy atom. The van der Waals surface area contributed by atoms with Crippen molar-refractivity contribution in [2.75, 3.05) is 11.4 Å². The minimum Gasteiger partial charge on any atom is -0.282 e. The van der Waals surface area contributed by atoms with Crippen LogP contribution in [0, 0.1) is 19.7 Å².